The molecule has 0 fully saturated rings. The molecule has 2 N–H and O–H groups in total. The number of thioether (sulfide) groups is 1. The lowest BCUT2D eigenvalue weighted by Gasteiger charge is -2.08. The van der Waals surface area contributed by atoms with Gasteiger partial charge in [-0.3, -0.25) is 10.1 Å². The largest absolute Gasteiger partial charge is 0.325 e. The number of benzene rings is 2. The number of carbonyl (C=O) groups excluding carboxylic acids is 2. The van der Waals surface area contributed by atoms with Gasteiger partial charge in [0, 0.05) is 5.39 Å². The van der Waals surface area contributed by atoms with Gasteiger partial charge in [-0.05, 0) is 36.8 Å². The molecule has 1 heterocycles. The van der Waals surface area contributed by atoms with Gasteiger partial charge in [0.1, 0.15) is 5.82 Å². The third-order valence-corrected chi connectivity index (χ3v) is 4.54. The first-order chi connectivity index (χ1) is 12.5. The summed E-state index contributed by atoms with van der Waals surface area (Å²) in [6, 6.07) is 14.6. The highest BCUT2D eigenvalue weighted by molar-refractivity contribution is 7.99. The van der Waals surface area contributed by atoms with Crippen molar-refractivity contribution in [1.29, 1.82) is 0 Å². The summed E-state index contributed by atoms with van der Waals surface area (Å²) in [5.74, 6) is -1.04. The summed E-state index contributed by atoms with van der Waals surface area (Å²) in [6.45, 7) is 1.98. The van der Waals surface area contributed by atoms with Gasteiger partial charge in [0.05, 0.1) is 22.0 Å². The number of rotatable bonds is 4. The SMILES string of the molecule is Cc1cc(SCC(=O)NC(=O)Nc2ccccc2F)nc2ccccc12. The molecule has 0 saturated heterocycles. The zero-order chi connectivity index (χ0) is 18.5. The van der Waals surface area contributed by atoms with E-state index < -0.39 is 17.8 Å². The summed E-state index contributed by atoms with van der Waals surface area (Å²) in [6.07, 6.45) is 0. The molecule has 7 heteroatoms. The molecule has 0 aliphatic carbocycles. The number of anilines is 1. The van der Waals surface area contributed by atoms with Crippen LogP contribution in [-0.2, 0) is 4.79 Å². The molecule has 0 bridgehead atoms. The maximum Gasteiger partial charge on any atom is 0.325 e. The van der Waals surface area contributed by atoms with E-state index in [9.17, 15) is 14.0 Å². The number of imide groups is 1. The van der Waals surface area contributed by atoms with Gasteiger partial charge in [0.15, 0.2) is 0 Å². The minimum atomic E-state index is -0.775. The Morgan fingerprint density at radius 3 is 2.65 bits per heavy atom. The number of pyridine rings is 1. The van der Waals surface area contributed by atoms with Gasteiger partial charge in [-0.25, -0.2) is 14.2 Å². The van der Waals surface area contributed by atoms with Gasteiger partial charge in [-0.1, -0.05) is 42.1 Å². The minimum Gasteiger partial charge on any atom is -0.305 e. The van der Waals surface area contributed by atoms with Crippen LogP contribution in [0.5, 0.6) is 0 Å². The summed E-state index contributed by atoms with van der Waals surface area (Å²) >= 11 is 1.23. The van der Waals surface area contributed by atoms with E-state index in [1.165, 1.54) is 30.0 Å². The van der Waals surface area contributed by atoms with Crippen LogP contribution >= 0.6 is 11.8 Å². The van der Waals surface area contributed by atoms with Crippen molar-refractivity contribution in [2.75, 3.05) is 11.1 Å². The lowest BCUT2D eigenvalue weighted by molar-refractivity contribution is -0.117. The maximum absolute atomic E-state index is 13.5. The van der Waals surface area contributed by atoms with Crippen molar-refractivity contribution in [1.82, 2.24) is 10.3 Å². The Labute approximate surface area is 154 Å². The van der Waals surface area contributed by atoms with Gasteiger partial charge in [0.25, 0.3) is 0 Å². The number of hydrogen-bond donors (Lipinski definition) is 2. The van der Waals surface area contributed by atoms with Crippen molar-refractivity contribution >= 4 is 40.3 Å². The average molecular weight is 369 g/mol. The van der Waals surface area contributed by atoms with Crippen LogP contribution < -0.4 is 10.6 Å². The third kappa shape index (κ3) is 4.37. The lowest BCUT2D eigenvalue weighted by Crippen LogP contribution is -2.35. The van der Waals surface area contributed by atoms with Crippen LogP contribution in [-0.4, -0.2) is 22.7 Å². The number of amides is 3. The minimum absolute atomic E-state index is 0.0114. The molecule has 0 saturated carbocycles. The number of fused-ring (bicyclic) bond motifs is 1. The highest BCUT2D eigenvalue weighted by atomic mass is 32.2. The van der Waals surface area contributed by atoms with E-state index in [2.05, 4.69) is 15.6 Å². The molecular formula is C19H16FN3O2S. The Balaban J connectivity index is 1.57. The van der Waals surface area contributed by atoms with Crippen LogP contribution in [0.15, 0.2) is 59.6 Å². The predicted molar refractivity (Wildman–Crippen MR) is 101 cm³/mol. The standard InChI is InChI=1S/C19H16FN3O2S/c1-12-10-18(21-15-8-4-2-6-13(12)15)26-11-17(24)23-19(25)22-16-9-5-3-7-14(16)20/h2-10H,11H2,1H3,(H2,22,23,24,25). The molecule has 0 aliphatic heterocycles. The van der Waals surface area contributed by atoms with Crippen LogP contribution in [0.1, 0.15) is 5.56 Å². The molecular weight excluding hydrogens is 353 g/mol. The Bertz CT molecular complexity index is 978. The topological polar surface area (TPSA) is 71.1 Å². The van der Waals surface area contributed by atoms with Crippen molar-refractivity contribution in [2.45, 2.75) is 11.9 Å². The van der Waals surface area contributed by atoms with E-state index in [0.717, 1.165) is 16.5 Å². The normalized spacial score (nSPS) is 10.5. The van der Waals surface area contributed by atoms with Crippen molar-refractivity contribution in [3.8, 4) is 0 Å². The van der Waals surface area contributed by atoms with Crippen LogP contribution in [0, 0.1) is 12.7 Å². The number of halogens is 1. The molecule has 0 aliphatic rings. The van der Waals surface area contributed by atoms with E-state index in [1.54, 1.807) is 6.07 Å². The van der Waals surface area contributed by atoms with Crippen molar-refractivity contribution in [3.05, 3.63) is 66.0 Å². The molecule has 5 nitrogen and oxygen atoms in total. The van der Waals surface area contributed by atoms with Gasteiger partial charge < -0.3 is 5.32 Å². The fraction of sp³-hybridized carbons (Fsp3) is 0.105. The summed E-state index contributed by atoms with van der Waals surface area (Å²) < 4.78 is 13.5. The number of aryl methyl sites for hydroxylation is 1. The van der Waals surface area contributed by atoms with Gasteiger partial charge in [-0.15, -0.1) is 0 Å². The molecule has 3 aromatic rings. The molecule has 0 radical (unpaired) electrons. The third-order valence-electron chi connectivity index (χ3n) is 3.63. The smallest absolute Gasteiger partial charge is 0.305 e. The first-order valence-corrected chi connectivity index (χ1v) is 8.86. The zero-order valence-corrected chi connectivity index (χ0v) is 14.8. The fourth-order valence-electron chi connectivity index (χ4n) is 2.41. The number of nitrogens with zero attached hydrogens (tertiary/aromatic N) is 1. The highest BCUT2D eigenvalue weighted by Gasteiger charge is 2.11. The summed E-state index contributed by atoms with van der Waals surface area (Å²) in [4.78, 5) is 28.2. The number of hydrogen-bond acceptors (Lipinski definition) is 4. The van der Waals surface area contributed by atoms with Crippen LogP contribution in [0.3, 0.4) is 0 Å². The lowest BCUT2D eigenvalue weighted by atomic mass is 10.1. The van der Waals surface area contributed by atoms with Crippen molar-refractivity contribution in [3.63, 3.8) is 0 Å². The molecule has 2 aromatic carbocycles. The van der Waals surface area contributed by atoms with Crippen molar-refractivity contribution < 1.29 is 14.0 Å². The monoisotopic (exact) mass is 369 g/mol. The zero-order valence-electron chi connectivity index (χ0n) is 14.0. The molecule has 132 valence electrons. The quantitative estimate of drug-likeness (QED) is 0.679. The molecule has 0 atom stereocenters. The second-order valence-corrected chi connectivity index (χ2v) is 6.56. The first-order valence-electron chi connectivity index (χ1n) is 7.87. The number of para-hydroxylation sites is 2. The number of nitrogens with one attached hydrogen (secondary N) is 2. The predicted octanol–water partition coefficient (Wildman–Crippen LogP) is 4.12. The first kappa shape index (κ1) is 17.9. The Morgan fingerprint density at radius 1 is 1.12 bits per heavy atom. The van der Waals surface area contributed by atoms with E-state index in [0.29, 0.717) is 5.03 Å². The van der Waals surface area contributed by atoms with E-state index in [-0.39, 0.29) is 11.4 Å². The van der Waals surface area contributed by atoms with Gasteiger partial charge in [-0.2, -0.15) is 0 Å². The highest BCUT2D eigenvalue weighted by Crippen LogP contribution is 2.23. The number of aromatic nitrogens is 1. The second kappa shape index (κ2) is 7.97. The van der Waals surface area contributed by atoms with E-state index in [4.69, 9.17) is 0 Å². The molecule has 1 aromatic heterocycles. The van der Waals surface area contributed by atoms with E-state index >= 15 is 0 Å². The summed E-state index contributed by atoms with van der Waals surface area (Å²) in [5.41, 5.74) is 1.93. The van der Waals surface area contributed by atoms with Gasteiger partial charge in [0.2, 0.25) is 5.91 Å². The second-order valence-electron chi connectivity index (χ2n) is 5.57. The Kier molecular flexibility index (Phi) is 5.48. The van der Waals surface area contributed by atoms with Crippen molar-refractivity contribution in [2.24, 2.45) is 0 Å². The Morgan fingerprint density at radius 2 is 1.85 bits per heavy atom. The average Bonchev–Trinajstić information content (AvgIpc) is 2.62. The van der Waals surface area contributed by atoms with Gasteiger partial charge >= 0.3 is 6.03 Å². The molecule has 3 rings (SSSR count). The summed E-state index contributed by atoms with van der Waals surface area (Å²) in [5, 5.41) is 6.24. The maximum atomic E-state index is 13.5. The molecule has 0 spiro atoms. The molecule has 0 unspecified atom stereocenters. The number of carbonyl (C=O) groups is 2. The molecule has 3 amide bonds. The molecule has 26 heavy (non-hydrogen) atoms. The van der Waals surface area contributed by atoms with Crippen LogP contribution in [0.4, 0.5) is 14.9 Å². The van der Waals surface area contributed by atoms with Crippen LogP contribution in [0.25, 0.3) is 10.9 Å². The number of urea groups is 1. The Hall–Kier alpha value is -2.93. The summed E-state index contributed by atoms with van der Waals surface area (Å²) in [7, 11) is 0. The fourth-order valence-corrected chi connectivity index (χ4v) is 3.18. The van der Waals surface area contributed by atoms with E-state index in [1.807, 2.05) is 37.3 Å². The van der Waals surface area contributed by atoms with Crippen LogP contribution in [0.2, 0.25) is 0 Å².